The maximum atomic E-state index is 4.56. The SMILES string of the molecule is Cc1nc(CN2CCN(C3CCCC3)CC2)cs1. The van der Waals surface area contributed by atoms with Gasteiger partial charge in [-0.3, -0.25) is 9.80 Å². The fourth-order valence-corrected chi connectivity index (χ4v) is 3.87. The summed E-state index contributed by atoms with van der Waals surface area (Å²) >= 11 is 1.77. The molecule has 0 radical (unpaired) electrons. The Labute approximate surface area is 114 Å². The summed E-state index contributed by atoms with van der Waals surface area (Å²) in [4.78, 5) is 9.84. The Hall–Kier alpha value is -0.450. The number of aromatic nitrogens is 1. The second kappa shape index (κ2) is 5.68. The summed E-state index contributed by atoms with van der Waals surface area (Å²) in [6.45, 7) is 8.08. The summed E-state index contributed by atoms with van der Waals surface area (Å²) in [6.07, 6.45) is 5.77. The minimum absolute atomic E-state index is 0.897. The molecule has 4 heteroatoms. The highest BCUT2D eigenvalue weighted by molar-refractivity contribution is 7.09. The normalized spacial score (nSPS) is 23.8. The molecule has 1 aromatic rings. The van der Waals surface area contributed by atoms with Crippen molar-refractivity contribution < 1.29 is 0 Å². The number of nitrogens with zero attached hydrogens (tertiary/aromatic N) is 3. The van der Waals surface area contributed by atoms with Crippen LogP contribution in [0.3, 0.4) is 0 Å². The van der Waals surface area contributed by atoms with Crippen molar-refractivity contribution in [1.29, 1.82) is 0 Å². The third-order valence-corrected chi connectivity index (χ3v) is 5.12. The Kier molecular flexibility index (Phi) is 3.97. The molecule has 2 aliphatic rings. The molecule has 1 aliphatic heterocycles. The monoisotopic (exact) mass is 265 g/mol. The number of rotatable bonds is 3. The van der Waals surface area contributed by atoms with E-state index in [-0.39, 0.29) is 0 Å². The van der Waals surface area contributed by atoms with E-state index in [1.807, 2.05) is 0 Å². The van der Waals surface area contributed by atoms with E-state index in [1.54, 1.807) is 11.3 Å². The molecule has 2 fully saturated rings. The second-order valence-corrected chi connectivity index (χ2v) is 6.67. The summed E-state index contributed by atoms with van der Waals surface area (Å²) in [5.74, 6) is 0. The number of hydrogen-bond donors (Lipinski definition) is 0. The van der Waals surface area contributed by atoms with Gasteiger partial charge in [0.15, 0.2) is 0 Å². The number of thiazole rings is 1. The second-order valence-electron chi connectivity index (χ2n) is 5.61. The van der Waals surface area contributed by atoms with Gasteiger partial charge >= 0.3 is 0 Å². The first-order valence-electron chi connectivity index (χ1n) is 7.19. The van der Waals surface area contributed by atoms with Crippen molar-refractivity contribution in [2.75, 3.05) is 26.2 Å². The van der Waals surface area contributed by atoms with Crippen molar-refractivity contribution in [3.63, 3.8) is 0 Å². The van der Waals surface area contributed by atoms with Gasteiger partial charge in [-0.05, 0) is 19.8 Å². The van der Waals surface area contributed by atoms with Crippen LogP contribution in [0.1, 0.15) is 36.4 Å². The lowest BCUT2D eigenvalue weighted by atomic mass is 10.2. The van der Waals surface area contributed by atoms with Crippen molar-refractivity contribution >= 4 is 11.3 Å². The van der Waals surface area contributed by atoms with Gasteiger partial charge in [-0.15, -0.1) is 11.3 Å². The summed E-state index contributed by atoms with van der Waals surface area (Å²) in [7, 11) is 0. The molecule has 2 heterocycles. The highest BCUT2D eigenvalue weighted by Crippen LogP contribution is 2.24. The minimum Gasteiger partial charge on any atom is -0.298 e. The molecule has 1 aliphatic carbocycles. The number of piperazine rings is 1. The predicted molar refractivity (Wildman–Crippen MR) is 76.0 cm³/mol. The molecule has 3 nitrogen and oxygen atoms in total. The van der Waals surface area contributed by atoms with Crippen molar-refractivity contribution in [3.8, 4) is 0 Å². The first kappa shape index (κ1) is 12.6. The summed E-state index contributed by atoms with van der Waals surface area (Å²) < 4.78 is 0. The fourth-order valence-electron chi connectivity index (χ4n) is 3.27. The lowest BCUT2D eigenvalue weighted by Gasteiger charge is -2.37. The van der Waals surface area contributed by atoms with Gasteiger partial charge in [0.1, 0.15) is 0 Å². The van der Waals surface area contributed by atoms with E-state index in [4.69, 9.17) is 0 Å². The molecule has 18 heavy (non-hydrogen) atoms. The molecule has 3 rings (SSSR count). The van der Waals surface area contributed by atoms with Crippen molar-refractivity contribution in [3.05, 3.63) is 16.1 Å². The minimum atomic E-state index is 0.897. The zero-order valence-electron chi connectivity index (χ0n) is 11.3. The first-order chi connectivity index (χ1) is 8.81. The average Bonchev–Trinajstić information content (AvgIpc) is 3.02. The van der Waals surface area contributed by atoms with E-state index in [9.17, 15) is 0 Å². The van der Waals surface area contributed by atoms with Crippen LogP contribution in [0, 0.1) is 6.92 Å². The highest BCUT2D eigenvalue weighted by Gasteiger charge is 2.26. The van der Waals surface area contributed by atoms with Gasteiger partial charge < -0.3 is 0 Å². The van der Waals surface area contributed by atoms with E-state index in [1.165, 1.54) is 62.6 Å². The average molecular weight is 265 g/mol. The van der Waals surface area contributed by atoms with Gasteiger partial charge in [0, 0.05) is 44.1 Å². The topological polar surface area (TPSA) is 19.4 Å². The summed E-state index contributed by atoms with van der Waals surface area (Å²) in [5.41, 5.74) is 1.26. The summed E-state index contributed by atoms with van der Waals surface area (Å²) in [6, 6.07) is 0.897. The van der Waals surface area contributed by atoms with Crippen LogP contribution in [-0.4, -0.2) is 47.0 Å². The van der Waals surface area contributed by atoms with Crippen LogP contribution in [0.4, 0.5) is 0 Å². The molecular weight excluding hydrogens is 242 g/mol. The third kappa shape index (κ3) is 2.92. The zero-order chi connectivity index (χ0) is 12.4. The molecule has 1 saturated carbocycles. The molecule has 1 aromatic heterocycles. The molecule has 0 spiro atoms. The van der Waals surface area contributed by atoms with Crippen LogP contribution < -0.4 is 0 Å². The van der Waals surface area contributed by atoms with Crippen LogP contribution in [0.15, 0.2) is 5.38 Å². The zero-order valence-corrected chi connectivity index (χ0v) is 12.1. The van der Waals surface area contributed by atoms with Crippen molar-refractivity contribution in [2.24, 2.45) is 0 Å². The van der Waals surface area contributed by atoms with E-state index < -0.39 is 0 Å². The largest absolute Gasteiger partial charge is 0.298 e. The lowest BCUT2D eigenvalue weighted by molar-refractivity contribution is 0.0930. The van der Waals surface area contributed by atoms with Crippen molar-refractivity contribution in [2.45, 2.75) is 45.2 Å². The maximum absolute atomic E-state index is 4.56. The molecular formula is C14H23N3S. The van der Waals surface area contributed by atoms with Crippen LogP contribution in [0.5, 0.6) is 0 Å². The molecule has 100 valence electrons. The first-order valence-corrected chi connectivity index (χ1v) is 8.06. The van der Waals surface area contributed by atoms with E-state index in [2.05, 4.69) is 27.1 Å². The van der Waals surface area contributed by atoms with Gasteiger partial charge in [-0.2, -0.15) is 0 Å². The molecule has 0 unspecified atom stereocenters. The standard InChI is InChI=1S/C14H23N3S/c1-12-15-13(11-18-12)10-16-6-8-17(9-7-16)14-4-2-3-5-14/h11,14H,2-10H2,1H3. The number of aryl methyl sites for hydroxylation is 1. The smallest absolute Gasteiger partial charge is 0.0897 e. The molecule has 0 N–H and O–H groups in total. The van der Waals surface area contributed by atoms with Gasteiger partial charge in [-0.1, -0.05) is 12.8 Å². The summed E-state index contributed by atoms with van der Waals surface area (Å²) in [5, 5.41) is 3.40. The lowest BCUT2D eigenvalue weighted by Crippen LogP contribution is -2.49. The third-order valence-electron chi connectivity index (χ3n) is 4.30. The Bertz CT molecular complexity index is 376. The van der Waals surface area contributed by atoms with Gasteiger partial charge in [0.2, 0.25) is 0 Å². The van der Waals surface area contributed by atoms with Crippen LogP contribution >= 0.6 is 11.3 Å². The van der Waals surface area contributed by atoms with Gasteiger partial charge in [0.25, 0.3) is 0 Å². The molecule has 0 aromatic carbocycles. The van der Waals surface area contributed by atoms with Crippen LogP contribution in [0.25, 0.3) is 0 Å². The molecule has 0 bridgehead atoms. The Morgan fingerprint density at radius 1 is 1.22 bits per heavy atom. The highest BCUT2D eigenvalue weighted by atomic mass is 32.1. The van der Waals surface area contributed by atoms with Crippen LogP contribution in [-0.2, 0) is 6.54 Å². The van der Waals surface area contributed by atoms with Gasteiger partial charge in [0.05, 0.1) is 10.7 Å². The quantitative estimate of drug-likeness (QED) is 0.837. The Morgan fingerprint density at radius 2 is 1.94 bits per heavy atom. The fraction of sp³-hybridized carbons (Fsp3) is 0.786. The molecule has 0 amide bonds. The number of hydrogen-bond acceptors (Lipinski definition) is 4. The predicted octanol–water partition coefficient (Wildman–Crippen LogP) is 2.51. The van der Waals surface area contributed by atoms with E-state index in [0.29, 0.717) is 0 Å². The maximum Gasteiger partial charge on any atom is 0.0897 e. The van der Waals surface area contributed by atoms with Crippen molar-refractivity contribution in [1.82, 2.24) is 14.8 Å². The van der Waals surface area contributed by atoms with Gasteiger partial charge in [-0.25, -0.2) is 4.98 Å². The Balaban J connectivity index is 1.47. The molecule has 0 atom stereocenters. The van der Waals surface area contributed by atoms with E-state index >= 15 is 0 Å². The molecule has 1 saturated heterocycles. The van der Waals surface area contributed by atoms with Crippen LogP contribution in [0.2, 0.25) is 0 Å². The Morgan fingerprint density at radius 3 is 2.56 bits per heavy atom. The van der Waals surface area contributed by atoms with E-state index in [0.717, 1.165) is 12.6 Å².